The number of hydrogen-bond acceptors (Lipinski definition) is 6. The number of fused-ring (bicyclic) bond motifs is 2. The van der Waals surface area contributed by atoms with Gasteiger partial charge in [0.25, 0.3) is 5.56 Å². The number of H-pyrrole nitrogens is 2. The van der Waals surface area contributed by atoms with Gasteiger partial charge in [0.15, 0.2) is 0 Å². The molecule has 0 amide bonds. The number of hydrogen-bond donors (Lipinski definition) is 3. The minimum absolute atomic E-state index is 0.00932. The van der Waals surface area contributed by atoms with Crippen molar-refractivity contribution in [3.05, 3.63) is 50.8 Å². The van der Waals surface area contributed by atoms with Gasteiger partial charge in [0.2, 0.25) is 10.0 Å². The van der Waals surface area contributed by atoms with Crippen LogP contribution < -0.4 is 16.0 Å². The van der Waals surface area contributed by atoms with E-state index in [0.29, 0.717) is 5.69 Å². The normalized spacial score (nSPS) is 14.5. The second kappa shape index (κ2) is 6.18. The molecule has 0 aromatic carbocycles. The molecule has 0 bridgehead atoms. The maximum atomic E-state index is 12.5. The van der Waals surface area contributed by atoms with Crippen molar-refractivity contribution >= 4 is 21.1 Å². The number of aromatic nitrogens is 5. The van der Waals surface area contributed by atoms with Crippen LogP contribution in [0.25, 0.3) is 11.0 Å². The fraction of sp³-hybridized carbons (Fsp3) is 0.333. The van der Waals surface area contributed by atoms with Gasteiger partial charge in [0, 0.05) is 25.4 Å². The average molecular weight is 376 g/mol. The highest BCUT2D eigenvalue weighted by Gasteiger charge is 2.18. The van der Waals surface area contributed by atoms with Crippen LogP contribution in [0.15, 0.2) is 32.9 Å². The number of sulfonamides is 1. The van der Waals surface area contributed by atoms with Crippen LogP contribution in [0, 0.1) is 0 Å². The largest absolute Gasteiger partial charge is 0.335 e. The predicted octanol–water partition coefficient (Wildman–Crippen LogP) is -0.377. The smallest absolute Gasteiger partial charge is 0.327 e. The molecule has 0 saturated heterocycles. The summed E-state index contributed by atoms with van der Waals surface area (Å²) in [4.78, 5) is 35.6. The lowest BCUT2D eigenvalue weighted by Gasteiger charge is -2.11. The fourth-order valence-electron chi connectivity index (χ4n) is 2.98. The van der Waals surface area contributed by atoms with E-state index in [1.807, 2.05) is 15.7 Å². The fourth-order valence-corrected chi connectivity index (χ4v) is 3.95. The van der Waals surface area contributed by atoms with Crippen molar-refractivity contribution in [2.75, 3.05) is 0 Å². The Balaban J connectivity index is 1.60. The lowest BCUT2D eigenvalue weighted by atomic mass is 10.2. The molecule has 10 nitrogen and oxygen atoms in total. The molecule has 26 heavy (non-hydrogen) atoms. The number of aryl methyl sites for hydroxylation is 2. The first-order valence-electron chi connectivity index (χ1n) is 8.09. The standard InChI is InChI=1S/C15H16N6O4S/c22-14-11-5-10(7-16-13(11)19-15(23)20-14)26(24,25)17-6-9-8-21-4-2-1-3-12(21)18-9/h5,7-8,17H,1-4,6H2,(H2,16,19,20,22,23). The summed E-state index contributed by atoms with van der Waals surface area (Å²) in [5, 5.41) is -0.00932. The topological polar surface area (TPSA) is 143 Å². The molecule has 0 spiro atoms. The Bertz CT molecular complexity index is 1180. The average Bonchev–Trinajstić information content (AvgIpc) is 3.03. The van der Waals surface area contributed by atoms with E-state index in [1.54, 1.807) is 0 Å². The van der Waals surface area contributed by atoms with Gasteiger partial charge in [-0.15, -0.1) is 0 Å². The molecular weight excluding hydrogens is 360 g/mol. The summed E-state index contributed by atoms with van der Waals surface area (Å²) in [6.07, 6.45) is 6.02. The van der Waals surface area contributed by atoms with Crippen molar-refractivity contribution in [1.82, 2.24) is 29.2 Å². The zero-order valence-corrected chi connectivity index (χ0v) is 14.5. The van der Waals surface area contributed by atoms with Crippen molar-refractivity contribution < 1.29 is 8.42 Å². The van der Waals surface area contributed by atoms with Crippen LogP contribution in [0.2, 0.25) is 0 Å². The Kier molecular flexibility index (Phi) is 3.96. The van der Waals surface area contributed by atoms with Crippen molar-refractivity contribution in [3.8, 4) is 0 Å². The van der Waals surface area contributed by atoms with Crippen LogP contribution in [-0.4, -0.2) is 32.9 Å². The summed E-state index contributed by atoms with van der Waals surface area (Å²) in [7, 11) is -3.88. The van der Waals surface area contributed by atoms with E-state index < -0.39 is 21.3 Å². The Morgan fingerprint density at radius 2 is 2.08 bits per heavy atom. The summed E-state index contributed by atoms with van der Waals surface area (Å²) in [5.74, 6) is 0.966. The third-order valence-electron chi connectivity index (χ3n) is 4.28. The quantitative estimate of drug-likeness (QED) is 0.567. The van der Waals surface area contributed by atoms with Crippen molar-refractivity contribution in [3.63, 3.8) is 0 Å². The monoisotopic (exact) mass is 376 g/mol. The van der Waals surface area contributed by atoms with Crippen LogP contribution in [-0.2, 0) is 29.5 Å². The molecule has 1 aliphatic heterocycles. The van der Waals surface area contributed by atoms with Gasteiger partial charge in [0.1, 0.15) is 16.4 Å². The first kappa shape index (κ1) is 16.7. The summed E-state index contributed by atoms with van der Waals surface area (Å²) < 4.78 is 29.5. The summed E-state index contributed by atoms with van der Waals surface area (Å²) in [5.41, 5.74) is -0.733. The summed E-state index contributed by atoms with van der Waals surface area (Å²) >= 11 is 0. The first-order chi connectivity index (χ1) is 12.4. The predicted molar refractivity (Wildman–Crippen MR) is 92.2 cm³/mol. The molecule has 3 aromatic heterocycles. The van der Waals surface area contributed by atoms with Gasteiger partial charge in [0.05, 0.1) is 17.6 Å². The van der Waals surface area contributed by atoms with Crippen molar-refractivity contribution in [2.45, 2.75) is 37.2 Å². The second-order valence-corrected chi connectivity index (χ2v) is 7.87. The number of pyridine rings is 1. The lowest BCUT2D eigenvalue weighted by Crippen LogP contribution is -2.25. The van der Waals surface area contributed by atoms with E-state index in [4.69, 9.17) is 0 Å². The molecule has 136 valence electrons. The van der Waals surface area contributed by atoms with Crippen LogP contribution >= 0.6 is 0 Å². The van der Waals surface area contributed by atoms with E-state index in [9.17, 15) is 18.0 Å². The zero-order valence-electron chi connectivity index (χ0n) is 13.7. The van der Waals surface area contributed by atoms with Gasteiger partial charge < -0.3 is 4.57 Å². The number of rotatable bonds is 4. The second-order valence-electron chi connectivity index (χ2n) is 6.10. The molecule has 3 aromatic rings. The summed E-state index contributed by atoms with van der Waals surface area (Å²) in [6.45, 7) is 0.938. The van der Waals surface area contributed by atoms with Gasteiger partial charge >= 0.3 is 5.69 Å². The first-order valence-corrected chi connectivity index (χ1v) is 9.58. The molecule has 4 heterocycles. The Labute approximate surface area is 147 Å². The molecular formula is C15H16N6O4S. The molecule has 4 rings (SSSR count). The third kappa shape index (κ3) is 3.06. The zero-order chi connectivity index (χ0) is 18.3. The molecule has 0 saturated carbocycles. The van der Waals surface area contributed by atoms with Gasteiger partial charge in [-0.2, -0.15) is 0 Å². The van der Waals surface area contributed by atoms with Gasteiger partial charge in [-0.05, 0) is 18.9 Å². The molecule has 0 atom stereocenters. The van der Waals surface area contributed by atoms with Crippen LogP contribution in [0.3, 0.4) is 0 Å². The molecule has 0 aliphatic carbocycles. The van der Waals surface area contributed by atoms with Crippen LogP contribution in [0.1, 0.15) is 24.4 Å². The molecule has 11 heteroatoms. The highest BCUT2D eigenvalue weighted by molar-refractivity contribution is 7.89. The van der Waals surface area contributed by atoms with E-state index in [2.05, 4.69) is 19.7 Å². The minimum atomic E-state index is -3.88. The van der Waals surface area contributed by atoms with Crippen LogP contribution in [0.5, 0.6) is 0 Å². The van der Waals surface area contributed by atoms with E-state index >= 15 is 0 Å². The van der Waals surface area contributed by atoms with Crippen LogP contribution in [0.4, 0.5) is 0 Å². The number of nitrogens with zero attached hydrogens (tertiary/aromatic N) is 3. The Morgan fingerprint density at radius 1 is 1.23 bits per heavy atom. The molecule has 0 radical (unpaired) electrons. The molecule has 0 fully saturated rings. The minimum Gasteiger partial charge on any atom is -0.335 e. The van der Waals surface area contributed by atoms with Gasteiger partial charge in [-0.25, -0.2) is 27.9 Å². The number of nitrogens with one attached hydrogen (secondary N) is 3. The van der Waals surface area contributed by atoms with Crippen molar-refractivity contribution in [2.24, 2.45) is 0 Å². The number of aromatic amines is 2. The lowest BCUT2D eigenvalue weighted by molar-refractivity contribution is 0.522. The van der Waals surface area contributed by atoms with E-state index in [-0.39, 0.29) is 22.5 Å². The summed E-state index contributed by atoms with van der Waals surface area (Å²) in [6, 6.07) is 1.18. The maximum absolute atomic E-state index is 12.5. The van der Waals surface area contributed by atoms with Gasteiger partial charge in [-0.3, -0.25) is 14.8 Å². The van der Waals surface area contributed by atoms with E-state index in [0.717, 1.165) is 37.8 Å². The SMILES string of the molecule is O=c1[nH]c(=O)c2cc(S(=O)(=O)NCc3cn4c(n3)CCCC4)cnc2[nH]1. The Morgan fingerprint density at radius 3 is 2.88 bits per heavy atom. The highest BCUT2D eigenvalue weighted by Crippen LogP contribution is 2.16. The third-order valence-corrected chi connectivity index (χ3v) is 5.65. The highest BCUT2D eigenvalue weighted by atomic mass is 32.2. The Hall–Kier alpha value is -2.79. The molecule has 1 aliphatic rings. The van der Waals surface area contributed by atoms with E-state index in [1.165, 1.54) is 6.07 Å². The van der Waals surface area contributed by atoms with Crippen molar-refractivity contribution in [1.29, 1.82) is 0 Å². The number of imidazole rings is 1. The molecule has 3 N–H and O–H groups in total. The maximum Gasteiger partial charge on any atom is 0.327 e. The molecule has 0 unspecified atom stereocenters. The van der Waals surface area contributed by atoms with Gasteiger partial charge in [-0.1, -0.05) is 0 Å².